The van der Waals surface area contributed by atoms with Crippen LogP contribution in [0.5, 0.6) is 0 Å². The molecule has 3 aromatic rings. The number of carbonyl (C=O) groups is 2. The van der Waals surface area contributed by atoms with Crippen LogP contribution in [0.3, 0.4) is 0 Å². The van der Waals surface area contributed by atoms with Crippen molar-refractivity contribution in [2.75, 3.05) is 17.7 Å². The van der Waals surface area contributed by atoms with Gasteiger partial charge in [-0.05, 0) is 56.3 Å². The van der Waals surface area contributed by atoms with Gasteiger partial charge in [0.05, 0.1) is 12.7 Å². The van der Waals surface area contributed by atoms with Crippen LogP contribution in [0.1, 0.15) is 32.1 Å². The molecule has 7 heteroatoms. The summed E-state index contributed by atoms with van der Waals surface area (Å²) >= 11 is 0. The van der Waals surface area contributed by atoms with E-state index in [1.54, 1.807) is 42.5 Å². The Labute approximate surface area is 162 Å². The summed E-state index contributed by atoms with van der Waals surface area (Å²) in [5.74, 6) is -0.288. The number of nitrogens with zero attached hydrogens (tertiary/aromatic N) is 2. The third-order valence-electron chi connectivity index (χ3n) is 3.90. The van der Waals surface area contributed by atoms with Gasteiger partial charge in [-0.15, -0.1) is 0 Å². The molecule has 1 heterocycles. The number of amides is 1. The molecule has 0 saturated heterocycles. The van der Waals surface area contributed by atoms with Crippen molar-refractivity contribution in [1.29, 1.82) is 0 Å². The summed E-state index contributed by atoms with van der Waals surface area (Å²) in [6.45, 7) is 3.79. The van der Waals surface area contributed by atoms with E-state index >= 15 is 0 Å². The number of methoxy groups -OCH3 is 1. The van der Waals surface area contributed by atoms with Crippen LogP contribution in [0.2, 0.25) is 0 Å². The molecule has 1 amide bonds. The molecule has 2 N–H and O–H groups in total. The van der Waals surface area contributed by atoms with Crippen LogP contribution < -0.4 is 10.6 Å². The quantitative estimate of drug-likeness (QED) is 0.657. The number of hydrogen-bond acceptors (Lipinski definition) is 6. The first-order valence-electron chi connectivity index (χ1n) is 8.64. The van der Waals surface area contributed by atoms with E-state index in [2.05, 4.69) is 20.6 Å². The second-order valence-corrected chi connectivity index (χ2v) is 6.21. The fourth-order valence-electron chi connectivity index (χ4n) is 2.69. The van der Waals surface area contributed by atoms with Crippen molar-refractivity contribution in [2.24, 2.45) is 0 Å². The molecule has 0 atom stereocenters. The predicted molar refractivity (Wildman–Crippen MR) is 107 cm³/mol. The van der Waals surface area contributed by atoms with Crippen LogP contribution in [-0.4, -0.2) is 29.0 Å². The summed E-state index contributed by atoms with van der Waals surface area (Å²) in [5, 5.41) is 5.89. The number of esters is 1. The van der Waals surface area contributed by atoms with Crippen LogP contribution in [0, 0.1) is 13.8 Å². The van der Waals surface area contributed by atoms with E-state index in [0.717, 1.165) is 11.4 Å². The van der Waals surface area contributed by atoms with E-state index < -0.39 is 5.97 Å². The minimum atomic E-state index is -0.462. The molecule has 0 aliphatic heterocycles. The fraction of sp³-hybridized carbons (Fsp3) is 0.143. The molecule has 0 fully saturated rings. The summed E-state index contributed by atoms with van der Waals surface area (Å²) in [7, 11) is 1.31. The lowest BCUT2D eigenvalue weighted by Crippen LogP contribution is -2.13. The highest BCUT2D eigenvalue weighted by Gasteiger charge is 2.10. The SMILES string of the molecule is COC(=O)c1cccc(NC(=O)c2cccc(Nc3nc(C)cc(C)n3)c2)c1. The van der Waals surface area contributed by atoms with Gasteiger partial charge in [0.15, 0.2) is 0 Å². The van der Waals surface area contributed by atoms with Crippen molar-refractivity contribution in [3.63, 3.8) is 0 Å². The third-order valence-corrected chi connectivity index (χ3v) is 3.90. The van der Waals surface area contributed by atoms with Gasteiger partial charge < -0.3 is 15.4 Å². The number of rotatable bonds is 5. The maximum Gasteiger partial charge on any atom is 0.337 e. The summed E-state index contributed by atoms with van der Waals surface area (Å²) < 4.78 is 4.70. The van der Waals surface area contributed by atoms with E-state index in [1.165, 1.54) is 7.11 Å². The molecular weight excluding hydrogens is 356 g/mol. The average molecular weight is 376 g/mol. The molecule has 2 aromatic carbocycles. The Morgan fingerprint density at radius 2 is 1.46 bits per heavy atom. The molecule has 0 aliphatic carbocycles. The van der Waals surface area contributed by atoms with Gasteiger partial charge >= 0.3 is 5.97 Å². The van der Waals surface area contributed by atoms with Gasteiger partial charge in [-0.1, -0.05) is 12.1 Å². The average Bonchev–Trinajstić information content (AvgIpc) is 2.67. The van der Waals surface area contributed by atoms with Crippen molar-refractivity contribution in [2.45, 2.75) is 13.8 Å². The van der Waals surface area contributed by atoms with Crippen molar-refractivity contribution in [3.8, 4) is 0 Å². The maximum absolute atomic E-state index is 12.6. The van der Waals surface area contributed by atoms with Gasteiger partial charge in [-0.25, -0.2) is 14.8 Å². The van der Waals surface area contributed by atoms with Crippen molar-refractivity contribution in [3.05, 3.63) is 77.1 Å². The normalized spacial score (nSPS) is 10.2. The number of anilines is 3. The van der Waals surface area contributed by atoms with Crippen LogP contribution >= 0.6 is 0 Å². The van der Waals surface area contributed by atoms with Gasteiger partial charge in [-0.3, -0.25) is 4.79 Å². The standard InChI is InChI=1S/C21H20N4O3/c1-13-10-14(2)23-21(22-13)25-18-9-4-6-15(11-18)19(26)24-17-8-5-7-16(12-17)20(27)28-3/h4-12H,1-3H3,(H,24,26)(H,22,23,25). The molecule has 0 bridgehead atoms. The minimum Gasteiger partial charge on any atom is -0.465 e. The molecule has 28 heavy (non-hydrogen) atoms. The lowest BCUT2D eigenvalue weighted by atomic mass is 10.1. The zero-order chi connectivity index (χ0) is 20.1. The topological polar surface area (TPSA) is 93.2 Å². The molecule has 1 aromatic heterocycles. The number of nitrogens with one attached hydrogen (secondary N) is 2. The third kappa shape index (κ3) is 4.70. The molecule has 142 valence electrons. The summed E-state index contributed by atoms with van der Waals surface area (Å²) in [6, 6.07) is 15.5. The highest BCUT2D eigenvalue weighted by Crippen LogP contribution is 2.18. The van der Waals surface area contributed by atoms with Gasteiger partial charge in [-0.2, -0.15) is 0 Å². The van der Waals surface area contributed by atoms with E-state index in [1.807, 2.05) is 26.0 Å². The number of hydrogen-bond donors (Lipinski definition) is 2. The first-order chi connectivity index (χ1) is 13.4. The summed E-state index contributed by atoms with van der Waals surface area (Å²) in [4.78, 5) is 32.9. The van der Waals surface area contributed by atoms with E-state index in [9.17, 15) is 9.59 Å². The summed E-state index contributed by atoms with van der Waals surface area (Å²) in [5.41, 5.74) is 3.73. The fourth-order valence-corrected chi connectivity index (χ4v) is 2.69. The Balaban J connectivity index is 1.76. The number of aromatic nitrogens is 2. The Morgan fingerprint density at radius 1 is 0.857 bits per heavy atom. The molecule has 7 nitrogen and oxygen atoms in total. The van der Waals surface area contributed by atoms with Crippen LogP contribution in [0.25, 0.3) is 0 Å². The predicted octanol–water partition coefficient (Wildman–Crippen LogP) is 3.88. The van der Waals surface area contributed by atoms with E-state index in [0.29, 0.717) is 28.5 Å². The minimum absolute atomic E-state index is 0.299. The van der Waals surface area contributed by atoms with Gasteiger partial charge in [0, 0.05) is 28.3 Å². The molecule has 0 radical (unpaired) electrons. The first-order valence-corrected chi connectivity index (χ1v) is 8.64. The van der Waals surface area contributed by atoms with Crippen molar-refractivity contribution >= 4 is 29.2 Å². The Bertz CT molecular complexity index is 1010. The largest absolute Gasteiger partial charge is 0.465 e. The number of aryl methyl sites for hydroxylation is 2. The zero-order valence-corrected chi connectivity index (χ0v) is 15.8. The molecule has 0 saturated carbocycles. The molecule has 0 aliphatic rings. The molecule has 3 rings (SSSR count). The van der Waals surface area contributed by atoms with Gasteiger partial charge in [0.1, 0.15) is 0 Å². The lowest BCUT2D eigenvalue weighted by molar-refractivity contribution is 0.0600. The van der Waals surface area contributed by atoms with E-state index in [-0.39, 0.29) is 5.91 Å². The highest BCUT2D eigenvalue weighted by molar-refractivity contribution is 6.05. The van der Waals surface area contributed by atoms with Gasteiger partial charge in [0.25, 0.3) is 5.91 Å². The monoisotopic (exact) mass is 376 g/mol. The molecule has 0 spiro atoms. The number of carbonyl (C=O) groups excluding carboxylic acids is 2. The molecule has 0 unspecified atom stereocenters. The second-order valence-electron chi connectivity index (χ2n) is 6.21. The van der Waals surface area contributed by atoms with Crippen molar-refractivity contribution in [1.82, 2.24) is 9.97 Å². The number of ether oxygens (including phenoxy) is 1. The molecular formula is C21H20N4O3. The Morgan fingerprint density at radius 3 is 2.14 bits per heavy atom. The lowest BCUT2D eigenvalue weighted by Gasteiger charge is -2.10. The zero-order valence-electron chi connectivity index (χ0n) is 15.8. The highest BCUT2D eigenvalue weighted by atomic mass is 16.5. The second kappa shape index (κ2) is 8.30. The van der Waals surface area contributed by atoms with Crippen molar-refractivity contribution < 1.29 is 14.3 Å². The van der Waals surface area contributed by atoms with Gasteiger partial charge in [0.2, 0.25) is 5.95 Å². The maximum atomic E-state index is 12.6. The first kappa shape index (κ1) is 19.0. The number of benzene rings is 2. The summed E-state index contributed by atoms with van der Waals surface area (Å²) in [6.07, 6.45) is 0. The van der Waals surface area contributed by atoms with Crippen LogP contribution in [0.15, 0.2) is 54.6 Å². The van der Waals surface area contributed by atoms with Crippen LogP contribution in [0.4, 0.5) is 17.3 Å². The Kier molecular flexibility index (Phi) is 5.64. The van der Waals surface area contributed by atoms with Crippen LogP contribution in [-0.2, 0) is 4.74 Å². The smallest absolute Gasteiger partial charge is 0.337 e. The Hall–Kier alpha value is -3.74. The van der Waals surface area contributed by atoms with E-state index in [4.69, 9.17) is 4.74 Å².